The summed E-state index contributed by atoms with van der Waals surface area (Å²) in [6.07, 6.45) is 6.63. The first kappa shape index (κ1) is 23.0. The van der Waals surface area contributed by atoms with E-state index in [-0.39, 0.29) is 29.0 Å². The number of ether oxygens (including phenoxy) is 2. The molecule has 0 saturated carbocycles. The Morgan fingerprint density at radius 3 is 2.32 bits per heavy atom. The van der Waals surface area contributed by atoms with Crippen molar-refractivity contribution >= 4 is 22.8 Å². The summed E-state index contributed by atoms with van der Waals surface area (Å²) < 4.78 is 24.5. The van der Waals surface area contributed by atoms with Crippen LogP contribution in [0.4, 0.5) is 4.39 Å². The molecule has 2 aliphatic rings. The van der Waals surface area contributed by atoms with Gasteiger partial charge in [-0.25, -0.2) is 4.39 Å². The molecule has 172 valence electrons. The van der Waals surface area contributed by atoms with E-state index < -0.39 is 0 Å². The Morgan fingerprint density at radius 2 is 1.68 bits per heavy atom. The van der Waals surface area contributed by atoms with Crippen molar-refractivity contribution in [1.29, 1.82) is 0 Å². The Bertz CT molecular complexity index is 1290. The van der Waals surface area contributed by atoms with E-state index in [2.05, 4.69) is 5.32 Å². The van der Waals surface area contributed by atoms with Crippen LogP contribution in [-0.2, 0) is 25.6 Å². The summed E-state index contributed by atoms with van der Waals surface area (Å²) in [7, 11) is 2.85. The molecule has 0 heterocycles. The normalized spacial score (nSPS) is 16.2. The number of allylic oxidation sites excluding steroid dienone is 7. The molecule has 0 spiro atoms. The van der Waals surface area contributed by atoms with E-state index in [4.69, 9.17) is 9.47 Å². The second-order valence-corrected chi connectivity index (χ2v) is 7.89. The van der Waals surface area contributed by atoms with Crippen LogP contribution in [0.1, 0.15) is 23.6 Å². The van der Waals surface area contributed by atoms with Crippen molar-refractivity contribution in [1.82, 2.24) is 5.32 Å². The summed E-state index contributed by atoms with van der Waals surface area (Å²) >= 11 is 0. The van der Waals surface area contributed by atoms with Crippen LogP contribution in [0.15, 0.2) is 95.5 Å². The fourth-order valence-corrected chi connectivity index (χ4v) is 4.01. The van der Waals surface area contributed by atoms with Gasteiger partial charge >= 0.3 is 0 Å². The zero-order valence-corrected chi connectivity index (χ0v) is 19.1. The number of carbonyl (C=O) groups is 2. The first-order valence-corrected chi connectivity index (χ1v) is 10.7. The third-order valence-electron chi connectivity index (χ3n) is 5.75. The summed E-state index contributed by atoms with van der Waals surface area (Å²) in [4.78, 5) is 25.0. The lowest BCUT2D eigenvalue weighted by atomic mass is 9.99. The number of carbonyl (C=O) groups excluding carboxylic acids is 2. The minimum absolute atomic E-state index is 0.164. The fourth-order valence-electron chi connectivity index (χ4n) is 4.01. The van der Waals surface area contributed by atoms with E-state index in [9.17, 15) is 14.0 Å². The van der Waals surface area contributed by atoms with Gasteiger partial charge in [-0.15, -0.1) is 0 Å². The number of fused-ring (bicyclic) bond motifs is 1. The highest BCUT2D eigenvalue weighted by atomic mass is 19.1. The van der Waals surface area contributed by atoms with Crippen LogP contribution in [0.3, 0.4) is 0 Å². The molecule has 2 aromatic carbocycles. The lowest BCUT2D eigenvalue weighted by Crippen LogP contribution is -2.20. The Labute approximate surface area is 197 Å². The van der Waals surface area contributed by atoms with Gasteiger partial charge in [0.1, 0.15) is 5.82 Å². The lowest BCUT2D eigenvalue weighted by molar-refractivity contribution is -0.118. The Morgan fingerprint density at radius 1 is 1.00 bits per heavy atom. The van der Waals surface area contributed by atoms with Crippen LogP contribution in [-0.4, -0.2) is 25.9 Å². The summed E-state index contributed by atoms with van der Waals surface area (Å²) in [6, 6.07) is 14.1. The Kier molecular flexibility index (Phi) is 6.59. The van der Waals surface area contributed by atoms with Gasteiger partial charge in [-0.3, -0.25) is 9.59 Å². The molecule has 0 aliphatic heterocycles. The van der Waals surface area contributed by atoms with E-state index in [0.717, 1.165) is 22.3 Å². The molecule has 34 heavy (non-hydrogen) atoms. The monoisotopic (exact) mass is 457 g/mol. The van der Waals surface area contributed by atoms with Crippen molar-refractivity contribution in [2.75, 3.05) is 14.2 Å². The number of methoxy groups -OCH3 is 2. The number of amides is 1. The van der Waals surface area contributed by atoms with E-state index >= 15 is 0 Å². The topological polar surface area (TPSA) is 64.6 Å². The Hall–Kier alpha value is -4.19. The van der Waals surface area contributed by atoms with Gasteiger partial charge in [0.2, 0.25) is 5.91 Å². The second kappa shape index (κ2) is 9.75. The van der Waals surface area contributed by atoms with E-state index in [1.54, 1.807) is 18.2 Å². The van der Waals surface area contributed by atoms with Crippen molar-refractivity contribution in [2.24, 2.45) is 0 Å². The standard InChI is InChI=1S/C28H24FNO4/c1-17-22(11-19-12-25(33-2)28(32)26(13-19)34-3)21-10-9-20(29)14-24(21)23(17)15-27(31)30-16-18-7-5-4-6-8-18/h4-15H,16H2,1-3H3,(H,30,31). The zero-order chi connectivity index (χ0) is 24.2. The van der Waals surface area contributed by atoms with Crippen LogP contribution >= 0.6 is 0 Å². The molecular formula is C28H24FNO4. The molecule has 1 amide bonds. The maximum Gasteiger partial charge on any atom is 0.261 e. The summed E-state index contributed by atoms with van der Waals surface area (Å²) in [5.74, 6) is -0.664. The van der Waals surface area contributed by atoms with E-state index in [0.29, 0.717) is 23.3 Å². The first-order valence-electron chi connectivity index (χ1n) is 10.7. The molecular weight excluding hydrogens is 433 g/mol. The number of hydrogen-bond acceptors (Lipinski definition) is 4. The zero-order valence-electron chi connectivity index (χ0n) is 19.1. The number of Topliss-reactive ketones (excluding diaryl/α,β-unsaturated/α-hetero) is 1. The summed E-state index contributed by atoms with van der Waals surface area (Å²) in [6.45, 7) is 2.28. The highest BCUT2D eigenvalue weighted by molar-refractivity contribution is 6.10. The number of nitrogens with one attached hydrogen (secondary N) is 1. The van der Waals surface area contributed by atoms with Crippen LogP contribution in [0.2, 0.25) is 0 Å². The molecule has 0 radical (unpaired) electrons. The molecule has 6 heteroatoms. The molecule has 0 unspecified atom stereocenters. The van der Waals surface area contributed by atoms with Crippen LogP contribution in [0.5, 0.6) is 0 Å². The molecule has 0 fully saturated rings. The van der Waals surface area contributed by atoms with Gasteiger partial charge in [0.05, 0.1) is 14.2 Å². The first-order chi connectivity index (χ1) is 16.4. The molecule has 0 saturated heterocycles. The predicted octanol–water partition coefficient (Wildman–Crippen LogP) is 4.88. The quantitative estimate of drug-likeness (QED) is 0.628. The maximum atomic E-state index is 14.1. The minimum Gasteiger partial charge on any atom is -0.492 e. The molecule has 1 N–H and O–H groups in total. The molecule has 0 bridgehead atoms. The van der Waals surface area contributed by atoms with E-state index in [1.807, 2.05) is 43.3 Å². The number of halogens is 1. The number of rotatable bonds is 6. The van der Waals surface area contributed by atoms with Crippen LogP contribution in [0, 0.1) is 5.82 Å². The molecule has 0 atom stereocenters. The van der Waals surface area contributed by atoms with Gasteiger partial charge in [-0.1, -0.05) is 36.4 Å². The van der Waals surface area contributed by atoms with Gasteiger partial charge in [0, 0.05) is 12.6 Å². The van der Waals surface area contributed by atoms with Gasteiger partial charge in [0.25, 0.3) is 5.78 Å². The number of ketones is 1. The number of benzene rings is 2. The average Bonchev–Trinajstić information content (AvgIpc) is 3.09. The van der Waals surface area contributed by atoms with Crippen LogP contribution in [0.25, 0.3) is 11.1 Å². The highest BCUT2D eigenvalue weighted by Crippen LogP contribution is 2.43. The van der Waals surface area contributed by atoms with Crippen LogP contribution < -0.4 is 5.32 Å². The van der Waals surface area contributed by atoms with Gasteiger partial charge < -0.3 is 14.8 Å². The van der Waals surface area contributed by atoms with Gasteiger partial charge in [-0.2, -0.15) is 0 Å². The minimum atomic E-state index is -0.387. The largest absolute Gasteiger partial charge is 0.492 e. The third kappa shape index (κ3) is 4.62. The Balaban J connectivity index is 1.72. The summed E-state index contributed by atoms with van der Waals surface area (Å²) in [5.41, 5.74) is 5.39. The molecule has 2 aromatic rings. The summed E-state index contributed by atoms with van der Waals surface area (Å²) in [5, 5.41) is 2.88. The predicted molar refractivity (Wildman–Crippen MR) is 129 cm³/mol. The fraction of sp³-hybridized carbons (Fsp3) is 0.143. The van der Waals surface area contributed by atoms with Gasteiger partial charge in [0.15, 0.2) is 11.5 Å². The van der Waals surface area contributed by atoms with Crippen molar-refractivity contribution in [2.45, 2.75) is 13.5 Å². The van der Waals surface area contributed by atoms with E-state index in [1.165, 1.54) is 32.4 Å². The third-order valence-corrected chi connectivity index (χ3v) is 5.75. The van der Waals surface area contributed by atoms with Crippen molar-refractivity contribution in [3.63, 3.8) is 0 Å². The smallest absolute Gasteiger partial charge is 0.261 e. The van der Waals surface area contributed by atoms with Crippen molar-refractivity contribution in [3.05, 3.63) is 118 Å². The molecule has 2 aliphatic carbocycles. The highest BCUT2D eigenvalue weighted by Gasteiger charge is 2.26. The van der Waals surface area contributed by atoms with Gasteiger partial charge in [-0.05, 0) is 76.3 Å². The maximum absolute atomic E-state index is 14.1. The molecule has 4 rings (SSSR count). The van der Waals surface area contributed by atoms with Crippen molar-refractivity contribution < 1.29 is 23.5 Å². The molecule has 0 aromatic heterocycles. The number of hydrogen-bond donors (Lipinski definition) is 1. The van der Waals surface area contributed by atoms with Crippen molar-refractivity contribution in [3.8, 4) is 0 Å². The average molecular weight is 458 g/mol. The SMILES string of the molecule is COC1=CC(=CC2=C(C)C(=CC(=O)NCc3ccccc3)c3cc(F)ccc32)C=C(OC)C1=O. The lowest BCUT2D eigenvalue weighted by Gasteiger charge is -2.14. The molecule has 5 nitrogen and oxygen atoms in total. The second-order valence-electron chi connectivity index (χ2n) is 7.89.